The molecule has 0 aliphatic carbocycles. The molecule has 11 heavy (non-hydrogen) atoms. The number of aliphatic hydroxyl groups is 1. The number of hydrogen-bond acceptors (Lipinski definition) is 4. The maximum Gasteiger partial charge on any atom is 0.142 e. The van der Waals surface area contributed by atoms with Gasteiger partial charge in [0.1, 0.15) is 12.2 Å². The molecule has 0 fully saturated rings. The highest BCUT2D eigenvalue weighted by Gasteiger charge is 1.98. The molecule has 0 radical (unpaired) electrons. The Morgan fingerprint density at radius 2 is 2.55 bits per heavy atom. The zero-order valence-corrected chi connectivity index (χ0v) is 7.21. The molecule has 1 aromatic heterocycles. The molecule has 0 saturated heterocycles. The fraction of sp³-hybridized carbons (Fsp3) is 0.667. The normalized spacial score (nSPS) is 10.4. The van der Waals surface area contributed by atoms with Crippen molar-refractivity contribution in [2.75, 3.05) is 12.4 Å². The van der Waals surface area contributed by atoms with Gasteiger partial charge in [-0.15, -0.1) is 10.2 Å². The third kappa shape index (κ3) is 2.51. The molecule has 62 valence electrons. The minimum absolute atomic E-state index is 0.225. The third-order valence-corrected chi connectivity index (χ3v) is 2.21. The number of rotatable bonds is 4. The average molecular weight is 173 g/mol. The van der Waals surface area contributed by atoms with Crippen LogP contribution in [0.2, 0.25) is 0 Å². The first-order valence-corrected chi connectivity index (χ1v) is 4.51. The predicted octanol–water partition coefficient (Wildman–Crippen LogP) is 0.0406. The van der Waals surface area contributed by atoms with Crippen molar-refractivity contribution in [1.82, 2.24) is 14.8 Å². The van der Waals surface area contributed by atoms with Crippen LogP contribution in [0.5, 0.6) is 0 Å². The number of aryl methyl sites for hydroxylation is 1. The summed E-state index contributed by atoms with van der Waals surface area (Å²) in [5.74, 6) is 2.52. The van der Waals surface area contributed by atoms with E-state index in [0.717, 1.165) is 17.3 Å². The SMILES string of the molecule is Cn1cnnc1CSCCO. The average Bonchev–Trinajstić information content (AvgIpc) is 2.37. The highest BCUT2D eigenvalue weighted by Crippen LogP contribution is 2.07. The predicted molar refractivity (Wildman–Crippen MR) is 44.3 cm³/mol. The summed E-state index contributed by atoms with van der Waals surface area (Å²) in [6.45, 7) is 0.225. The van der Waals surface area contributed by atoms with Gasteiger partial charge in [0.25, 0.3) is 0 Å². The summed E-state index contributed by atoms with van der Waals surface area (Å²) in [5, 5.41) is 16.1. The molecule has 0 aromatic carbocycles. The molecule has 0 bridgehead atoms. The standard InChI is InChI=1S/C6H11N3OS/c1-9-5-7-8-6(9)4-11-3-2-10/h5,10H,2-4H2,1H3. The Morgan fingerprint density at radius 1 is 1.73 bits per heavy atom. The van der Waals surface area contributed by atoms with Crippen LogP contribution in [0.1, 0.15) is 5.82 Å². The summed E-state index contributed by atoms with van der Waals surface area (Å²) in [5.41, 5.74) is 0. The Bertz CT molecular complexity index is 213. The van der Waals surface area contributed by atoms with Crippen LogP contribution in [-0.4, -0.2) is 32.2 Å². The van der Waals surface area contributed by atoms with E-state index >= 15 is 0 Å². The lowest BCUT2D eigenvalue weighted by atomic mass is 10.7. The van der Waals surface area contributed by atoms with Crippen LogP contribution in [0.3, 0.4) is 0 Å². The van der Waals surface area contributed by atoms with Gasteiger partial charge < -0.3 is 9.67 Å². The number of aromatic nitrogens is 3. The highest BCUT2D eigenvalue weighted by molar-refractivity contribution is 7.98. The van der Waals surface area contributed by atoms with Crippen molar-refractivity contribution in [1.29, 1.82) is 0 Å². The van der Waals surface area contributed by atoms with Crippen LogP contribution in [0.25, 0.3) is 0 Å². The van der Waals surface area contributed by atoms with E-state index in [1.807, 2.05) is 11.6 Å². The lowest BCUT2D eigenvalue weighted by Crippen LogP contribution is -1.96. The molecule has 0 spiro atoms. The Balaban J connectivity index is 2.32. The highest BCUT2D eigenvalue weighted by atomic mass is 32.2. The lowest BCUT2D eigenvalue weighted by Gasteiger charge is -1.97. The molecule has 1 N–H and O–H groups in total. The van der Waals surface area contributed by atoms with Gasteiger partial charge >= 0.3 is 0 Å². The van der Waals surface area contributed by atoms with Crippen molar-refractivity contribution in [3.8, 4) is 0 Å². The van der Waals surface area contributed by atoms with Crippen molar-refractivity contribution in [2.24, 2.45) is 7.05 Å². The molecule has 1 rings (SSSR count). The Morgan fingerprint density at radius 3 is 3.09 bits per heavy atom. The quantitative estimate of drug-likeness (QED) is 0.653. The smallest absolute Gasteiger partial charge is 0.142 e. The van der Waals surface area contributed by atoms with Crippen LogP contribution < -0.4 is 0 Å². The molecule has 0 unspecified atom stereocenters. The fourth-order valence-corrected chi connectivity index (χ4v) is 1.38. The van der Waals surface area contributed by atoms with Gasteiger partial charge in [-0.3, -0.25) is 0 Å². The van der Waals surface area contributed by atoms with Crippen LogP contribution in [0, 0.1) is 0 Å². The number of thioether (sulfide) groups is 1. The second-order valence-electron chi connectivity index (χ2n) is 2.13. The number of aliphatic hydroxyl groups excluding tert-OH is 1. The first-order chi connectivity index (χ1) is 5.34. The molecule has 0 saturated carbocycles. The van der Waals surface area contributed by atoms with Crippen molar-refractivity contribution >= 4 is 11.8 Å². The second kappa shape index (κ2) is 4.35. The number of nitrogens with zero attached hydrogens (tertiary/aromatic N) is 3. The zero-order valence-electron chi connectivity index (χ0n) is 6.40. The topological polar surface area (TPSA) is 50.9 Å². The van der Waals surface area contributed by atoms with Gasteiger partial charge in [0.15, 0.2) is 0 Å². The molecule has 0 aliphatic heterocycles. The molecular formula is C6H11N3OS. The van der Waals surface area contributed by atoms with E-state index in [9.17, 15) is 0 Å². The molecule has 0 atom stereocenters. The summed E-state index contributed by atoms with van der Waals surface area (Å²) in [6, 6.07) is 0. The van der Waals surface area contributed by atoms with Gasteiger partial charge in [0.05, 0.1) is 12.4 Å². The van der Waals surface area contributed by atoms with E-state index < -0.39 is 0 Å². The van der Waals surface area contributed by atoms with E-state index in [0.29, 0.717) is 0 Å². The molecule has 0 aliphatic rings. The molecule has 4 nitrogen and oxygen atoms in total. The fourth-order valence-electron chi connectivity index (χ4n) is 0.666. The van der Waals surface area contributed by atoms with Gasteiger partial charge in [-0.2, -0.15) is 11.8 Å². The summed E-state index contributed by atoms with van der Waals surface area (Å²) in [6.07, 6.45) is 1.68. The molecule has 1 aromatic rings. The monoisotopic (exact) mass is 173 g/mol. The largest absolute Gasteiger partial charge is 0.396 e. The summed E-state index contributed by atoms with van der Waals surface area (Å²) in [4.78, 5) is 0. The van der Waals surface area contributed by atoms with E-state index in [4.69, 9.17) is 5.11 Å². The Labute approximate surface area is 69.6 Å². The van der Waals surface area contributed by atoms with Crippen LogP contribution in [0.15, 0.2) is 6.33 Å². The summed E-state index contributed by atoms with van der Waals surface area (Å²) in [7, 11) is 1.91. The van der Waals surface area contributed by atoms with Gasteiger partial charge in [-0.25, -0.2) is 0 Å². The first kappa shape index (κ1) is 8.55. The maximum absolute atomic E-state index is 8.50. The van der Waals surface area contributed by atoms with Crippen molar-refractivity contribution in [2.45, 2.75) is 5.75 Å². The van der Waals surface area contributed by atoms with Gasteiger partial charge in [0.2, 0.25) is 0 Å². The Kier molecular flexibility index (Phi) is 3.38. The molecule has 0 amide bonds. The van der Waals surface area contributed by atoms with Gasteiger partial charge in [-0.05, 0) is 0 Å². The van der Waals surface area contributed by atoms with Crippen LogP contribution in [-0.2, 0) is 12.8 Å². The minimum atomic E-state index is 0.225. The lowest BCUT2D eigenvalue weighted by molar-refractivity contribution is 0.322. The van der Waals surface area contributed by atoms with Crippen LogP contribution in [0.4, 0.5) is 0 Å². The zero-order chi connectivity index (χ0) is 8.10. The van der Waals surface area contributed by atoms with Crippen molar-refractivity contribution in [3.05, 3.63) is 12.2 Å². The van der Waals surface area contributed by atoms with E-state index in [-0.39, 0.29) is 6.61 Å². The van der Waals surface area contributed by atoms with Gasteiger partial charge in [-0.1, -0.05) is 0 Å². The second-order valence-corrected chi connectivity index (χ2v) is 3.24. The molecule has 5 heteroatoms. The van der Waals surface area contributed by atoms with E-state index in [2.05, 4.69) is 10.2 Å². The molecular weight excluding hydrogens is 162 g/mol. The minimum Gasteiger partial charge on any atom is -0.396 e. The summed E-state index contributed by atoms with van der Waals surface area (Å²) < 4.78 is 1.88. The van der Waals surface area contributed by atoms with E-state index in [1.54, 1.807) is 18.1 Å². The van der Waals surface area contributed by atoms with Crippen LogP contribution >= 0.6 is 11.8 Å². The van der Waals surface area contributed by atoms with E-state index in [1.165, 1.54) is 0 Å². The third-order valence-electron chi connectivity index (χ3n) is 1.27. The Hall–Kier alpha value is -0.550. The number of hydrogen-bond donors (Lipinski definition) is 1. The first-order valence-electron chi connectivity index (χ1n) is 3.36. The van der Waals surface area contributed by atoms with Crippen molar-refractivity contribution < 1.29 is 5.11 Å². The van der Waals surface area contributed by atoms with Gasteiger partial charge in [0, 0.05) is 12.8 Å². The van der Waals surface area contributed by atoms with Crippen molar-refractivity contribution in [3.63, 3.8) is 0 Å². The summed E-state index contributed by atoms with van der Waals surface area (Å²) >= 11 is 1.65. The molecule has 1 heterocycles. The maximum atomic E-state index is 8.50.